The van der Waals surface area contributed by atoms with Crippen LogP contribution in [-0.4, -0.2) is 48.6 Å². The fraction of sp³-hybridized carbons (Fsp3) is 1.00. The summed E-state index contributed by atoms with van der Waals surface area (Å²) >= 11 is 2.01. The van der Waals surface area contributed by atoms with E-state index in [1.807, 2.05) is 11.8 Å². The molecule has 0 aromatic carbocycles. The van der Waals surface area contributed by atoms with Crippen LogP contribution in [0.2, 0.25) is 0 Å². The predicted molar refractivity (Wildman–Crippen MR) is 87.0 cm³/mol. The van der Waals surface area contributed by atoms with Crippen LogP contribution in [0.25, 0.3) is 0 Å². The molecular weight excluding hydrogens is 252 g/mol. The molecule has 0 radical (unpaired) electrons. The molecule has 2 nitrogen and oxygen atoms in total. The largest absolute Gasteiger partial charge is 0.312 e. The van der Waals surface area contributed by atoms with Gasteiger partial charge >= 0.3 is 0 Å². The molecule has 1 aliphatic heterocycles. The van der Waals surface area contributed by atoms with Gasteiger partial charge in [-0.05, 0) is 57.5 Å². The third-order valence-electron chi connectivity index (χ3n) is 4.99. The third-order valence-corrected chi connectivity index (χ3v) is 6.03. The van der Waals surface area contributed by atoms with Gasteiger partial charge in [0.15, 0.2) is 0 Å². The second-order valence-electron chi connectivity index (χ2n) is 6.45. The van der Waals surface area contributed by atoms with Crippen molar-refractivity contribution >= 4 is 11.8 Å². The normalized spacial score (nSPS) is 29.1. The first-order valence-corrected chi connectivity index (χ1v) is 9.57. The minimum atomic E-state index is 0.771. The zero-order valence-corrected chi connectivity index (χ0v) is 13.7. The van der Waals surface area contributed by atoms with Crippen LogP contribution in [0.3, 0.4) is 0 Å². The van der Waals surface area contributed by atoms with Crippen molar-refractivity contribution in [3.63, 3.8) is 0 Å². The highest BCUT2D eigenvalue weighted by molar-refractivity contribution is 7.99. The van der Waals surface area contributed by atoms with Gasteiger partial charge in [0.25, 0.3) is 0 Å². The number of thioether (sulfide) groups is 1. The molecule has 2 rings (SSSR count). The van der Waals surface area contributed by atoms with E-state index in [0.29, 0.717) is 0 Å². The van der Waals surface area contributed by atoms with Crippen LogP contribution in [0.1, 0.15) is 51.9 Å². The first-order chi connectivity index (χ1) is 9.29. The Morgan fingerprint density at radius 1 is 1.21 bits per heavy atom. The van der Waals surface area contributed by atoms with Crippen LogP contribution >= 0.6 is 11.8 Å². The van der Waals surface area contributed by atoms with E-state index in [4.69, 9.17) is 0 Å². The lowest BCUT2D eigenvalue weighted by Crippen LogP contribution is -2.44. The van der Waals surface area contributed by atoms with Gasteiger partial charge in [0.1, 0.15) is 0 Å². The van der Waals surface area contributed by atoms with E-state index in [2.05, 4.69) is 23.4 Å². The van der Waals surface area contributed by atoms with E-state index in [0.717, 1.165) is 17.2 Å². The SMILES string of the molecule is CSC(C)CCN1CCCNC(C2CCCCC2)C1. The van der Waals surface area contributed by atoms with Gasteiger partial charge in [0, 0.05) is 17.8 Å². The van der Waals surface area contributed by atoms with Crippen LogP contribution in [0.4, 0.5) is 0 Å². The molecule has 1 heterocycles. The van der Waals surface area contributed by atoms with E-state index in [9.17, 15) is 0 Å². The Hall–Kier alpha value is 0.270. The molecule has 0 bridgehead atoms. The summed E-state index contributed by atoms with van der Waals surface area (Å²) in [6.45, 7) is 7.49. The summed E-state index contributed by atoms with van der Waals surface area (Å²) in [6, 6.07) is 0.771. The topological polar surface area (TPSA) is 15.3 Å². The smallest absolute Gasteiger partial charge is 0.0223 e. The van der Waals surface area contributed by atoms with Crippen molar-refractivity contribution in [3.8, 4) is 0 Å². The third kappa shape index (κ3) is 5.28. The van der Waals surface area contributed by atoms with E-state index < -0.39 is 0 Å². The minimum absolute atomic E-state index is 0.771. The lowest BCUT2D eigenvalue weighted by molar-refractivity contribution is 0.205. The van der Waals surface area contributed by atoms with Gasteiger partial charge < -0.3 is 10.2 Å². The number of nitrogens with one attached hydrogen (secondary N) is 1. The summed E-state index contributed by atoms with van der Waals surface area (Å²) in [4.78, 5) is 2.73. The second kappa shape index (κ2) is 8.53. The van der Waals surface area contributed by atoms with Gasteiger partial charge in [-0.25, -0.2) is 0 Å². The Bertz CT molecular complexity index is 241. The highest BCUT2D eigenvalue weighted by Crippen LogP contribution is 2.27. The molecule has 2 unspecified atom stereocenters. The maximum Gasteiger partial charge on any atom is 0.0223 e. The zero-order chi connectivity index (χ0) is 13.5. The molecule has 3 heteroatoms. The molecule has 2 fully saturated rings. The van der Waals surface area contributed by atoms with E-state index in [1.54, 1.807) is 0 Å². The number of nitrogens with zero attached hydrogens (tertiary/aromatic N) is 1. The summed E-state index contributed by atoms with van der Waals surface area (Å²) in [7, 11) is 0. The Balaban J connectivity index is 1.80. The second-order valence-corrected chi connectivity index (χ2v) is 7.72. The van der Waals surface area contributed by atoms with Gasteiger partial charge in [-0.2, -0.15) is 11.8 Å². The van der Waals surface area contributed by atoms with Gasteiger partial charge in [-0.15, -0.1) is 0 Å². The summed E-state index contributed by atoms with van der Waals surface area (Å²) in [6.07, 6.45) is 12.2. The van der Waals surface area contributed by atoms with E-state index >= 15 is 0 Å². The molecule has 1 aliphatic carbocycles. The molecule has 1 saturated heterocycles. The monoisotopic (exact) mass is 284 g/mol. The molecule has 0 aromatic heterocycles. The van der Waals surface area contributed by atoms with Crippen LogP contribution in [0, 0.1) is 5.92 Å². The molecule has 1 saturated carbocycles. The molecule has 0 aromatic rings. The average molecular weight is 285 g/mol. The van der Waals surface area contributed by atoms with E-state index in [1.165, 1.54) is 71.1 Å². The molecular formula is C16H32N2S. The molecule has 112 valence electrons. The lowest BCUT2D eigenvalue weighted by Gasteiger charge is -2.33. The zero-order valence-electron chi connectivity index (χ0n) is 12.9. The van der Waals surface area contributed by atoms with Gasteiger partial charge in [-0.1, -0.05) is 26.2 Å². The van der Waals surface area contributed by atoms with Crippen LogP contribution in [-0.2, 0) is 0 Å². The molecule has 1 N–H and O–H groups in total. The molecule has 19 heavy (non-hydrogen) atoms. The van der Waals surface area contributed by atoms with Crippen molar-refractivity contribution in [1.29, 1.82) is 0 Å². The summed E-state index contributed by atoms with van der Waals surface area (Å²) in [5.41, 5.74) is 0. The average Bonchev–Trinajstić information content (AvgIpc) is 2.71. The number of hydrogen-bond donors (Lipinski definition) is 1. The predicted octanol–water partition coefficient (Wildman–Crippen LogP) is 3.37. The summed E-state index contributed by atoms with van der Waals surface area (Å²) < 4.78 is 0. The first-order valence-electron chi connectivity index (χ1n) is 8.28. The fourth-order valence-corrected chi connectivity index (χ4v) is 3.90. The molecule has 2 atom stereocenters. The quantitative estimate of drug-likeness (QED) is 0.833. The van der Waals surface area contributed by atoms with E-state index in [-0.39, 0.29) is 0 Å². The standard InChI is InChI=1S/C16H32N2S/c1-14(19-2)9-12-18-11-6-10-17-16(13-18)15-7-4-3-5-8-15/h14-17H,3-13H2,1-2H3. The van der Waals surface area contributed by atoms with Crippen LogP contribution in [0.5, 0.6) is 0 Å². The number of rotatable bonds is 5. The van der Waals surface area contributed by atoms with Crippen molar-refractivity contribution < 1.29 is 0 Å². The van der Waals surface area contributed by atoms with Crippen molar-refractivity contribution in [1.82, 2.24) is 10.2 Å². The summed E-state index contributed by atoms with van der Waals surface area (Å²) in [5, 5.41) is 4.65. The first kappa shape index (κ1) is 15.7. The van der Waals surface area contributed by atoms with Crippen LogP contribution < -0.4 is 5.32 Å². The fourth-order valence-electron chi connectivity index (χ4n) is 3.56. The van der Waals surface area contributed by atoms with Crippen molar-refractivity contribution in [2.75, 3.05) is 32.4 Å². The Morgan fingerprint density at radius 3 is 2.74 bits per heavy atom. The summed E-state index contributed by atoms with van der Waals surface area (Å²) in [5.74, 6) is 0.951. The molecule has 0 spiro atoms. The van der Waals surface area contributed by atoms with Crippen molar-refractivity contribution in [2.45, 2.75) is 63.2 Å². The Morgan fingerprint density at radius 2 is 2.00 bits per heavy atom. The lowest BCUT2D eigenvalue weighted by atomic mass is 9.83. The van der Waals surface area contributed by atoms with Crippen molar-refractivity contribution in [2.24, 2.45) is 5.92 Å². The van der Waals surface area contributed by atoms with Crippen LogP contribution in [0.15, 0.2) is 0 Å². The Labute approximate surface area is 124 Å². The highest BCUT2D eigenvalue weighted by atomic mass is 32.2. The Kier molecular flexibility index (Phi) is 7.03. The van der Waals surface area contributed by atoms with Crippen molar-refractivity contribution in [3.05, 3.63) is 0 Å². The molecule has 2 aliphatic rings. The van der Waals surface area contributed by atoms with Gasteiger partial charge in [-0.3, -0.25) is 0 Å². The van der Waals surface area contributed by atoms with Gasteiger partial charge in [0.2, 0.25) is 0 Å². The maximum atomic E-state index is 3.84. The maximum absolute atomic E-state index is 3.84. The minimum Gasteiger partial charge on any atom is -0.312 e. The van der Waals surface area contributed by atoms with Gasteiger partial charge in [0.05, 0.1) is 0 Å². The highest BCUT2D eigenvalue weighted by Gasteiger charge is 2.26. The molecule has 0 amide bonds. The number of hydrogen-bond acceptors (Lipinski definition) is 3.